The van der Waals surface area contributed by atoms with Crippen LogP contribution in [-0.4, -0.2) is 27.3 Å². The van der Waals surface area contributed by atoms with E-state index in [1.807, 2.05) is 12.3 Å². The molecule has 0 radical (unpaired) electrons. The molecule has 2 rings (SSSR count). The molecule has 0 saturated carbocycles. The minimum atomic E-state index is -0.0637. The molecule has 2 aromatic rings. The number of thioether (sulfide) groups is 1. The molecule has 1 N–H and O–H groups in total. The van der Waals surface area contributed by atoms with Crippen LogP contribution >= 0.6 is 23.1 Å². The molecule has 2 aromatic heterocycles. The Hall–Kier alpha value is -1.34. The molecule has 24 heavy (non-hydrogen) atoms. The Balaban J connectivity index is 1.88. The monoisotopic (exact) mass is 367 g/mol. The molecule has 1 unspecified atom stereocenters. The van der Waals surface area contributed by atoms with Gasteiger partial charge >= 0.3 is 0 Å². The van der Waals surface area contributed by atoms with Crippen LogP contribution in [0.2, 0.25) is 0 Å². The largest absolute Gasteiger partial charge is 0.353 e. The molecule has 1 atom stereocenters. The Bertz CT molecular complexity index is 752. The summed E-state index contributed by atoms with van der Waals surface area (Å²) in [6.07, 6.45) is 3.30. The molecule has 0 aliphatic heterocycles. The fourth-order valence-corrected chi connectivity index (χ4v) is 4.05. The summed E-state index contributed by atoms with van der Waals surface area (Å²) in [5.41, 5.74) is -0.0637. The van der Waals surface area contributed by atoms with Crippen LogP contribution in [0.4, 0.5) is 0 Å². The number of fused-ring (bicyclic) bond motifs is 1. The van der Waals surface area contributed by atoms with Crippen LogP contribution in [-0.2, 0) is 11.8 Å². The number of thiophene rings is 1. The maximum absolute atomic E-state index is 12.2. The van der Waals surface area contributed by atoms with E-state index in [2.05, 4.69) is 24.1 Å². The smallest absolute Gasteiger partial charge is 0.262 e. The topological polar surface area (TPSA) is 64.0 Å². The van der Waals surface area contributed by atoms with Gasteiger partial charge < -0.3 is 5.32 Å². The van der Waals surface area contributed by atoms with Gasteiger partial charge in [-0.25, -0.2) is 4.98 Å². The summed E-state index contributed by atoms with van der Waals surface area (Å²) in [6, 6.07) is 1.96. The lowest BCUT2D eigenvalue weighted by Gasteiger charge is -2.14. The van der Waals surface area contributed by atoms with Crippen molar-refractivity contribution in [1.29, 1.82) is 0 Å². The van der Waals surface area contributed by atoms with Crippen LogP contribution in [0.15, 0.2) is 21.4 Å². The first kappa shape index (κ1) is 19.0. The van der Waals surface area contributed by atoms with Crippen LogP contribution in [0.3, 0.4) is 0 Å². The zero-order valence-corrected chi connectivity index (χ0v) is 16.3. The Morgan fingerprint density at radius 1 is 1.38 bits per heavy atom. The van der Waals surface area contributed by atoms with Crippen molar-refractivity contribution in [2.45, 2.75) is 51.2 Å². The van der Waals surface area contributed by atoms with E-state index >= 15 is 0 Å². The van der Waals surface area contributed by atoms with E-state index in [9.17, 15) is 9.59 Å². The van der Waals surface area contributed by atoms with Gasteiger partial charge in [0.1, 0.15) is 4.83 Å². The molecular weight excluding hydrogens is 342 g/mol. The normalized spacial score (nSPS) is 12.7. The first-order chi connectivity index (χ1) is 11.4. The lowest BCUT2D eigenvalue weighted by atomic mass is 10.0. The molecule has 2 heterocycles. The summed E-state index contributed by atoms with van der Waals surface area (Å²) in [7, 11) is 1.70. The SMILES string of the molecule is CC(C)CCCC(C)NC(=O)CSc1nc2sccc2c(=O)n1C. The number of carbonyl (C=O) groups excluding carboxylic acids is 1. The minimum Gasteiger partial charge on any atom is -0.353 e. The molecule has 0 aliphatic carbocycles. The third-order valence-corrected chi connectivity index (χ3v) is 5.66. The second kappa shape index (κ2) is 8.67. The Kier molecular flexibility index (Phi) is 6.86. The molecule has 7 heteroatoms. The predicted octanol–water partition coefficient (Wildman–Crippen LogP) is 3.42. The van der Waals surface area contributed by atoms with Crippen LogP contribution in [0, 0.1) is 5.92 Å². The van der Waals surface area contributed by atoms with Crippen molar-refractivity contribution in [2.24, 2.45) is 13.0 Å². The quantitative estimate of drug-likeness (QED) is 0.573. The second-order valence-electron chi connectivity index (χ2n) is 6.48. The average molecular weight is 368 g/mol. The van der Waals surface area contributed by atoms with E-state index < -0.39 is 0 Å². The van der Waals surface area contributed by atoms with E-state index in [0.717, 1.165) is 17.7 Å². The average Bonchev–Trinajstić information content (AvgIpc) is 2.97. The number of amides is 1. The summed E-state index contributed by atoms with van der Waals surface area (Å²) >= 11 is 2.75. The van der Waals surface area contributed by atoms with Crippen LogP contribution in [0.5, 0.6) is 0 Å². The molecule has 5 nitrogen and oxygen atoms in total. The first-order valence-electron chi connectivity index (χ1n) is 8.25. The number of carbonyl (C=O) groups is 1. The van der Waals surface area contributed by atoms with Gasteiger partial charge in [-0.1, -0.05) is 38.5 Å². The van der Waals surface area contributed by atoms with Crippen LogP contribution in [0.1, 0.15) is 40.0 Å². The lowest BCUT2D eigenvalue weighted by molar-refractivity contribution is -0.119. The Morgan fingerprint density at radius 3 is 2.83 bits per heavy atom. The summed E-state index contributed by atoms with van der Waals surface area (Å²) in [5.74, 6) is 0.951. The maximum atomic E-state index is 12.2. The fraction of sp³-hybridized carbons (Fsp3) is 0.588. The van der Waals surface area contributed by atoms with Crippen molar-refractivity contribution in [3.63, 3.8) is 0 Å². The highest BCUT2D eigenvalue weighted by Crippen LogP contribution is 2.20. The van der Waals surface area contributed by atoms with E-state index in [1.54, 1.807) is 13.1 Å². The van der Waals surface area contributed by atoms with Gasteiger partial charge in [0, 0.05) is 13.1 Å². The van der Waals surface area contributed by atoms with E-state index in [4.69, 9.17) is 0 Å². The summed E-state index contributed by atoms with van der Waals surface area (Å²) in [6.45, 7) is 6.46. The van der Waals surface area contributed by atoms with E-state index in [-0.39, 0.29) is 23.3 Å². The molecule has 1 amide bonds. The highest BCUT2D eigenvalue weighted by atomic mass is 32.2. The van der Waals surface area contributed by atoms with Gasteiger partial charge in [-0.3, -0.25) is 14.2 Å². The molecular formula is C17H25N3O2S2. The van der Waals surface area contributed by atoms with Crippen molar-refractivity contribution in [2.75, 3.05) is 5.75 Å². The standard InChI is InChI=1S/C17H25N3O2S2/c1-11(2)6-5-7-12(3)18-14(21)10-24-17-19-15-13(8-9-23-15)16(22)20(17)4/h8-9,11-12H,5-7,10H2,1-4H3,(H,18,21). The molecule has 0 fully saturated rings. The second-order valence-corrected chi connectivity index (χ2v) is 8.32. The van der Waals surface area contributed by atoms with Gasteiger partial charge in [-0.2, -0.15) is 0 Å². The molecule has 0 bridgehead atoms. The van der Waals surface area contributed by atoms with Gasteiger partial charge in [0.05, 0.1) is 11.1 Å². The van der Waals surface area contributed by atoms with Crippen LogP contribution < -0.4 is 10.9 Å². The zero-order valence-electron chi connectivity index (χ0n) is 14.7. The molecule has 0 saturated heterocycles. The number of hydrogen-bond donors (Lipinski definition) is 1. The molecule has 0 aliphatic rings. The van der Waals surface area contributed by atoms with Crippen molar-refractivity contribution in [3.05, 3.63) is 21.8 Å². The van der Waals surface area contributed by atoms with E-state index in [0.29, 0.717) is 16.5 Å². The van der Waals surface area contributed by atoms with Gasteiger partial charge in [0.15, 0.2) is 5.16 Å². The van der Waals surface area contributed by atoms with Gasteiger partial charge in [0.25, 0.3) is 5.56 Å². The highest BCUT2D eigenvalue weighted by Gasteiger charge is 2.13. The third kappa shape index (κ3) is 5.08. The van der Waals surface area contributed by atoms with Crippen LogP contribution in [0.25, 0.3) is 10.2 Å². The zero-order chi connectivity index (χ0) is 17.7. The van der Waals surface area contributed by atoms with Crippen molar-refractivity contribution >= 4 is 39.2 Å². The molecule has 132 valence electrons. The van der Waals surface area contributed by atoms with Crippen molar-refractivity contribution in [3.8, 4) is 0 Å². The Labute approximate surface area is 150 Å². The van der Waals surface area contributed by atoms with Gasteiger partial charge in [-0.05, 0) is 30.7 Å². The number of rotatable bonds is 8. The number of hydrogen-bond acceptors (Lipinski definition) is 5. The highest BCUT2D eigenvalue weighted by molar-refractivity contribution is 7.99. The Morgan fingerprint density at radius 2 is 2.12 bits per heavy atom. The minimum absolute atomic E-state index is 0.0161. The number of aromatic nitrogens is 2. The van der Waals surface area contributed by atoms with Gasteiger partial charge in [0.2, 0.25) is 5.91 Å². The van der Waals surface area contributed by atoms with Crippen molar-refractivity contribution in [1.82, 2.24) is 14.9 Å². The third-order valence-electron chi connectivity index (χ3n) is 3.82. The molecule has 0 spiro atoms. The first-order valence-corrected chi connectivity index (χ1v) is 10.1. The predicted molar refractivity (Wildman–Crippen MR) is 102 cm³/mol. The maximum Gasteiger partial charge on any atom is 0.262 e. The molecule has 0 aromatic carbocycles. The number of nitrogens with one attached hydrogen (secondary N) is 1. The van der Waals surface area contributed by atoms with E-state index in [1.165, 1.54) is 34.1 Å². The number of nitrogens with zero attached hydrogens (tertiary/aromatic N) is 2. The van der Waals surface area contributed by atoms with Gasteiger partial charge in [-0.15, -0.1) is 11.3 Å². The van der Waals surface area contributed by atoms with Crippen molar-refractivity contribution < 1.29 is 4.79 Å². The summed E-state index contributed by atoms with van der Waals surface area (Å²) < 4.78 is 1.51. The summed E-state index contributed by atoms with van der Waals surface area (Å²) in [5, 5.41) is 6.09. The summed E-state index contributed by atoms with van der Waals surface area (Å²) in [4.78, 5) is 29.5. The lowest BCUT2D eigenvalue weighted by Crippen LogP contribution is -2.34. The fourth-order valence-electron chi connectivity index (χ4n) is 2.46.